The first-order valence-corrected chi connectivity index (χ1v) is 18.8. The molecule has 2 bridgehead atoms. The fourth-order valence-electron chi connectivity index (χ4n) is 5.54. The topological polar surface area (TPSA) is 277 Å². The van der Waals surface area contributed by atoms with Crippen molar-refractivity contribution in [3.05, 3.63) is 23.0 Å². The van der Waals surface area contributed by atoms with Crippen LogP contribution in [0.5, 0.6) is 0 Å². The summed E-state index contributed by atoms with van der Waals surface area (Å²) in [4.78, 5) is 52.3. The van der Waals surface area contributed by atoms with E-state index in [1.165, 1.54) is 12.7 Å². The second-order valence-corrected chi connectivity index (χ2v) is 16.5. The molecule has 4 aromatic rings. The minimum atomic E-state index is -4.28. The van der Waals surface area contributed by atoms with Crippen molar-refractivity contribution in [2.45, 2.75) is 49.0 Å². The van der Waals surface area contributed by atoms with E-state index in [4.69, 9.17) is 67.4 Å². The normalized spacial score (nSPS) is 31.5. The maximum absolute atomic E-state index is 16.0. The van der Waals surface area contributed by atoms with E-state index in [1.54, 1.807) is 4.57 Å². The molecule has 2 unspecified atom stereocenters. The molecule has 7 rings (SSSR count). The van der Waals surface area contributed by atoms with Crippen molar-refractivity contribution < 1.29 is 46.5 Å². The van der Waals surface area contributed by atoms with Crippen LogP contribution in [0.25, 0.3) is 22.3 Å². The molecule has 0 amide bonds. The molecule has 26 heteroatoms. The number of imidazole rings is 1. The number of nitrogens with one attached hydrogen (secondary N) is 1. The lowest BCUT2D eigenvalue weighted by Crippen LogP contribution is -2.39. The summed E-state index contributed by atoms with van der Waals surface area (Å²) in [6.07, 6.45) is -4.68. The zero-order valence-corrected chi connectivity index (χ0v) is 27.4. The number of rotatable bonds is 11. The third-order valence-corrected chi connectivity index (χ3v) is 11.0. The van der Waals surface area contributed by atoms with Gasteiger partial charge in [-0.2, -0.15) is 9.67 Å². The molecule has 254 valence electrons. The van der Waals surface area contributed by atoms with E-state index < -0.39 is 68.1 Å². The lowest BCUT2D eigenvalue weighted by molar-refractivity contribution is -0.181. The Morgan fingerprint density at radius 2 is 1.98 bits per heavy atom. The lowest BCUT2D eigenvalue weighted by atomic mass is 10.0. The molecule has 21 nitrogen and oxygen atoms in total. The second-order valence-electron chi connectivity index (χ2n) is 10.8. The summed E-state index contributed by atoms with van der Waals surface area (Å²) in [5.41, 5.74) is 10.3. The van der Waals surface area contributed by atoms with E-state index in [2.05, 4.69) is 35.2 Å². The molecule has 3 fully saturated rings. The van der Waals surface area contributed by atoms with Crippen LogP contribution in [0.3, 0.4) is 0 Å². The van der Waals surface area contributed by atoms with Gasteiger partial charge in [-0.3, -0.25) is 18.9 Å². The van der Waals surface area contributed by atoms with Crippen molar-refractivity contribution in [2.75, 3.05) is 38.4 Å². The number of hydrogen-bond donors (Lipinski definition) is 5. The van der Waals surface area contributed by atoms with Crippen molar-refractivity contribution in [1.29, 1.82) is 0 Å². The molecule has 3 aliphatic heterocycles. The fraction of sp³-hybridized carbons (Fsp3) is 0.571. The van der Waals surface area contributed by atoms with Gasteiger partial charge in [0.1, 0.15) is 35.8 Å². The molecule has 7 heterocycles. The van der Waals surface area contributed by atoms with Crippen LogP contribution in [0.4, 0.5) is 16.2 Å². The highest BCUT2D eigenvalue weighted by Crippen LogP contribution is 2.54. The van der Waals surface area contributed by atoms with Crippen molar-refractivity contribution in [3.63, 3.8) is 0 Å². The predicted octanol–water partition coefficient (Wildman–Crippen LogP) is -0.691. The van der Waals surface area contributed by atoms with Gasteiger partial charge in [0.15, 0.2) is 41.3 Å². The highest BCUT2D eigenvalue weighted by molar-refractivity contribution is 8.07. The molecule has 0 aliphatic carbocycles. The third-order valence-electron chi connectivity index (χ3n) is 7.72. The van der Waals surface area contributed by atoms with Gasteiger partial charge >= 0.3 is 13.4 Å². The number of nitrogens with two attached hydrogens (primary N) is 2. The summed E-state index contributed by atoms with van der Waals surface area (Å²) >= 11 is 10.1. The van der Waals surface area contributed by atoms with Gasteiger partial charge in [0.2, 0.25) is 5.95 Å². The monoisotopic (exact) mass is 737 g/mol. The van der Waals surface area contributed by atoms with Crippen LogP contribution in [0.1, 0.15) is 18.9 Å². The van der Waals surface area contributed by atoms with E-state index in [0.717, 1.165) is 11.8 Å². The molecule has 7 N–H and O–H groups in total. The molecule has 0 radical (unpaired) electrons. The van der Waals surface area contributed by atoms with Gasteiger partial charge in [-0.05, 0) is 23.6 Å². The second kappa shape index (κ2) is 12.0. The number of halogens is 1. The van der Waals surface area contributed by atoms with Gasteiger partial charge in [-0.15, -0.1) is 5.10 Å². The van der Waals surface area contributed by atoms with Crippen molar-refractivity contribution >= 4 is 71.1 Å². The van der Waals surface area contributed by atoms with Crippen LogP contribution in [0.2, 0.25) is 0 Å². The van der Waals surface area contributed by atoms with E-state index in [9.17, 15) is 14.6 Å². The average Bonchev–Trinajstić information content (AvgIpc) is 3.85. The number of hydrogen-bond acceptors (Lipinski definition) is 18. The number of aromatic amines is 1. The minimum absolute atomic E-state index is 0.104. The van der Waals surface area contributed by atoms with E-state index in [0.29, 0.717) is 17.6 Å². The van der Waals surface area contributed by atoms with E-state index in [-0.39, 0.29) is 36.1 Å². The molecule has 9 atom stereocenters. The number of nitrogen functional groups attached to an aromatic ring is 2. The molecule has 3 saturated heterocycles. The maximum atomic E-state index is 16.0. The summed E-state index contributed by atoms with van der Waals surface area (Å²) < 4.78 is 57.9. The summed E-state index contributed by atoms with van der Waals surface area (Å²) in [6, 6.07) is 0. The van der Waals surface area contributed by atoms with Crippen molar-refractivity contribution in [3.8, 4) is 0 Å². The number of fused-ring (bicyclic) bond motifs is 4. The predicted molar refractivity (Wildman–Crippen MR) is 163 cm³/mol. The van der Waals surface area contributed by atoms with Crippen LogP contribution in [0, 0.1) is 0 Å². The Kier molecular flexibility index (Phi) is 8.39. The first-order chi connectivity index (χ1) is 22.3. The molecule has 47 heavy (non-hydrogen) atoms. The molecule has 0 saturated carbocycles. The zero-order chi connectivity index (χ0) is 33.3. The third kappa shape index (κ3) is 6.07. The number of aromatic nitrogens is 9. The Bertz CT molecular complexity index is 2000. The number of nitrogens with zero attached hydrogens (tertiary/aromatic N) is 8. The molecular formula is C21H26FN11O10P2S2. The molecule has 4 aromatic heterocycles. The molecule has 3 aliphatic rings. The Morgan fingerprint density at radius 1 is 1.17 bits per heavy atom. The summed E-state index contributed by atoms with van der Waals surface area (Å²) in [6.45, 7) is -8.77. The summed E-state index contributed by atoms with van der Waals surface area (Å²) in [5.74, 6) is -0.0750. The molecule has 0 aromatic carbocycles. The fourth-order valence-corrected chi connectivity index (χ4v) is 7.61. The number of anilines is 2. The Labute approximate surface area is 272 Å². The van der Waals surface area contributed by atoms with Gasteiger partial charge < -0.3 is 49.0 Å². The van der Waals surface area contributed by atoms with Crippen LogP contribution >= 0.6 is 13.4 Å². The Morgan fingerprint density at radius 3 is 2.77 bits per heavy atom. The minimum Gasteiger partial charge on any atom is -0.382 e. The Balaban J connectivity index is 1.10. The molecular weight excluding hydrogens is 711 g/mol. The van der Waals surface area contributed by atoms with Gasteiger partial charge in [-0.1, -0.05) is 5.21 Å². The summed E-state index contributed by atoms with van der Waals surface area (Å²) in [5, 5.41) is 7.65. The highest BCUT2D eigenvalue weighted by atomic mass is 32.5. The van der Waals surface area contributed by atoms with E-state index in [1.807, 2.05) is 0 Å². The lowest BCUT2D eigenvalue weighted by Gasteiger charge is -2.32. The van der Waals surface area contributed by atoms with Crippen LogP contribution < -0.4 is 17.0 Å². The largest absolute Gasteiger partial charge is 0.382 e. The first-order valence-electron chi connectivity index (χ1n) is 13.6. The van der Waals surface area contributed by atoms with Gasteiger partial charge in [0, 0.05) is 13.5 Å². The van der Waals surface area contributed by atoms with Crippen LogP contribution in [-0.4, -0.2) is 111 Å². The highest BCUT2D eigenvalue weighted by Gasteiger charge is 2.56. The standard InChI is InChI=1S/C21H26FN11O10P2S2/c1-37-44(35,46)39-3-9-10(22)13(19(41-9)33-16-12(30-31-33)17(34)29-20(24)28-16)43-45(36,47)40-5-21-2-8(38-4-21)18(42-21)32-7-27-11-14(23)25-6-26-15(11)32/h6-10,13,18-19H,2-5H2,1H3,(H,35,46)(H,36,47)(H2,23,25,26)(H3,24,28,29,34)/t8-,9-,10+,13-,18-,19-,21-,44?,45?/m1/s1. The SMILES string of the molecule is COP(O)(=S)OC[C@H]1O[C@@H](n2nnc3c(=O)[nH]c(N)nc32)[C@H](OP(O)(=S)OC[C@]23CO[C@H](C2)[C@H](n2cnc4c(N)ncnc42)O3)[C@H]1F. The smallest absolute Gasteiger partial charge is 0.325 e. The van der Waals surface area contributed by atoms with Crippen molar-refractivity contribution in [2.24, 2.45) is 0 Å². The quantitative estimate of drug-likeness (QED) is 0.119. The number of ether oxygens (including phenoxy) is 3. The van der Waals surface area contributed by atoms with Gasteiger partial charge in [-0.25, -0.2) is 19.3 Å². The van der Waals surface area contributed by atoms with Crippen LogP contribution in [-0.2, 0) is 55.9 Å². The van der Waals surface area contributed by atoms with Gasteiger partial charge in [0.05, 0.1) is 26.1 Å². The Hall–Kier alpha value is -2.70. The van der Waals surface area contributed by atoms with Gasteiger partial charge in [0.25, 0.3) is 5.56 Å². The number of alkyl halides is 1. The van der Waals surface area contributed by atoms with Crippen LogP contribution in [0.15, 0.2) is 17.4 Å². The summed E-state index contributed by atoms with van der Waals surface area (Å²) in [7, 11) is 1.13. The van der Waals surface area contributed by atoms with Crippen molar-refractivity contribution in [1.82, 2.24) is 44.5 Å². The first kappa shape index (κ1) is 32.8. The van der Waals surface area contributed by atoms with E-state index >= 15 is 4.39 Å². The number of H-pyrrole nitrogens is 1. The zero-order valence-electron chi connectivity index (χ0n) is 23.9. The molecule has 0 spiro atoms. The maximum Gasteiger partial charge on any atom is 0.325 e. The average molecular weight is 738 g/mol.